The Kier molecular flexibility index (Phi) is 3.70. The molecule has 0 radical (unpaired) electrons. The van der Waals surface area contributed by atoms with Gasteiger partial charge in [0.15, 0.2) is 0 Å². The zero-order valence-corrected chi connectivity index (χ0v) is 10.7. The highest BCUT2D eigenvalue weighted by molar-refractivity contribution is 5.86. The summed E-state index contributed by atoms with van der Waals surface area (Å²) in [4.78, 5) is 14.1. The lowest BCUT2D eigenvalue weighted by atomic mass is 9.91. The number of nitrogens with zero attached hydrogens (tertiary/aromatic N) is 1. The Labute approximate surface area is 103 Å². The second-order valence-corrected chi connectivity index (χ2v) is 5.28. The van der Waals surface area contributed by atoms with Gasteiger partial charge in [-0.2, -0.15) is 0 Å². The minimum Gasteiger partial charge on any atom is -0.376 e. The average molecular weight is 241 g/mol. The molecule has 1 heterocycles. The molecule has 17 heavy (non-hydrogen) atoms. The normalized spacial score (nSPS) is 29.9. The van der Waals surface area contributed by atoms with E-state index in [1.807, 2.05) is 7.05 Å². The molecule has 2 atom stereocenters. The number of morpholine rings is 1. The highest BCUT2D eigenvalue weighted by atomic mass is 16.5. The molecule has 1 amide bonds. The fourth-order valence-electron chi connectivity index (χ4n) is 2.78. The number of likely N-dealkylation sites (N-methyl/N-ethyl adjacent to an activating group) is 1. The van der Waals surface area contributed by atoms with Crippen molar-refractivity contribution < 1.29 is 9.53 Å². The summed E-state index contributed by atoms with van der Waals surface area (Å²) in [6.45, 7) is 5.27. The molecular weight excluding hydrogens is 218 g/mol. The van der Waals surface area contributed by atoms with Gasteiger partial charge in [0.2, 0.25) is 5.91 Å². The molecule has 1 saturated carbocycles. The number of nitrogens with one attached hydrogen (secondary N) is 1. The van der Waals surface area contributed by atoms with E-state index in [1.165, 1.54) is 0 Å². The average Bonchev–Trinajstić information content (AvgIpc) is 3.09. The third-order valence-electron chi connectivity index (χ3n) is 3.96. The minimum absolute atomic E-state index is 0.221. The van der Waals surface area contributed by atoms with Gasteiger partial charge in [0.25, 0.3) is 0 Å². The van der Waals surface area contributed by atoms with Crippen LogP contribution in [0.3, 0.4) is 0 Å². The van der Waals surface area contributed by atoms with Crippen LogP contribution in [0.5, 0.6) is 0 Å². The fourth-order valence-corrected chi connectivity index (χ4v) is 2.78. The second-order valence-electron chi connectivity index (χ2n) is 5.28. The Bertz CT molecular complexity index is 293. The van der Waals surface area contributed by atoms with Crippen molar-refractivity contribution in [2.45, 2.75) is 31.4 Å². The van der Waals surface area contributed by atoms with E-state index < -0.39 is 5.54 Å². The van der Waals surface area contributed by atoms with Gasteiger partial charge in [0.05, 0.1) is 12.7 Å². The van der Waals surface area contributed by atoms with E-state index in [-0.39, 0.29) is 12.0 Å². The third kappa shape index (κ3) is 2.61. The topological polar surface area (TPSA) is 67.6 Å². The van der Waals surface area contributed by atoms with Gasteiger partial charge < -0.3 is 15.8 Å². The van der Waals surface area contributed by atoms with E-state index in [9.17, 15) is 4.79 Å². The van der Waals surface area contributed by atoms with Crippen molar-refractivity contribution in [1.29, 1.82) is 0 Å². The monoisotopic (exact) mass is 241 g/mol. The molecule has 2 rings (SSSR count). The van der Waals surface area contributed by atoms with E-state index in [2.05, 4.69) is 17.1 Å². The maximum absolute atomic E-state index is 11.8. The molecular formula is C12H23N3O2. The Morgan fingerprint density at radius 2 is 2.29 bits per heavy atom. The molecule has 3 N–H and O–H groups in total. The van der Waals surface area contributed by atoms with E-state index in [0.29, 0.717) is 12.5 Å². The number of carbonyl (C=O) groups excluding carboxylic acids is 1. The SMILES string of the molecule is CNC(CN1CCOC(C)C1)(C(N)=O)C1CC1. The molecule has 0 aromatic carbocycles. The van der Waals surface area contributed by atoms with Crippen molar-refractivity contribution in [1.82, 2.24) is 10.2 Å². The smallest absolute Gasteiger partial charge is 0.239 e. The number of carbonyl (C=O) groups is 1. The highest BCUT2D eigenvalue weighted by Gasteiger charge is 2.49. The molecule has 2 unspecified atom stereocenters. The Morgan fingerprint density at radius 1 is 1.59 bits per heavy atom. The number of hydrogen-bond acceptors (Lipinski definition) is 4. The van der Waals surface area contributed by atoms with E-state index in [0.717, 1.165) is 32.5 Å². The predicted octanol–water partition coefficient (Wildman–Crippen LogP) is -0.439. The third-order valence-corrected chi connectivity index (χ3v) is 3.96. The molecule has 98 valence electrons. The van der Waals surface area contributed by atoms with Crippen LogP contribution < -0.4 is 11.1 Å². The first-order valence-electron chi connectivity index (χ1n) is 6.41. The van der Waals surface area contributed by atoms with Gasteiger partial charge in [0, 0.05) is 19.6 Å². The van der Waals surface area contributed by atoms with Crippen LogP contribution in [0, 0.1) is 5.92 Å². The first-order valence-corrected chi connectivity index (χ1v) is 6.41. The first kappa shape index (κ1) is 12.8. The summed E-state index contributed by atoms with van der Waals surface area (Å²) in [6, 6.07) is 0. The summed E-state index contributed by atoms with van der Waals surface area (Å²) >= 11 is 0. The van der Waals surface area contributed by atoms with Crippen molar-refractivity contribution in [3.63, 3.8) is 0 Å². The van der Waals surface area contributed by atoms with Crippen LogP contribution in [0.4, 0.5) is 0 Å². The number of nitrogens with two attached hydrogens (primary N) is 1. The molecule has 0 aromatic rings. The zero-order valence-electron chi connectivity index (χ0n) is 10.7. The lowest BCUT2D eigenvalue weighted by molar-refractivity contribution is -0.127. The molecule has 0 spiro atoms. The van der Waals surface area contributed by atoms with Crippen LogP contribution in [0.15, 0.2) is 0 Å². The fraction of sp³-hybridized carbons (Fsp3) is 0.917. The number of amides is 1. The zero-order chi connectivity index (χ0) is 12.5. The highest BCUT2D eigenvalue weighted by Crippen LogP contribution is 2.40. The Hall–Kier alpha value is -0.650. The molecule has 0 bridgehead atoms. The standard InChI is InChI=1S/C12H23N3O2/c1-9-7-15(5-6-17-9)8-12(14-2,11(13)16)10-3-4-10/h9-10,14H,3-8H2,1-2H3,(H2,13,16). The van der Waals surface area contributed by atoms with Gasteiger partial charge in [-0.25, -0.2) is 0 Å². The van der Waals surface area contributed by atoms with Gasteiger partial charge in [-0.05, 0) is 32.7 Å². The number of ether oxygens (including phenoxy) is 1. The van der Waals surface area contributed by atoms with Gasteiger partial charge in [-0.1, -0.05) is 0 Å². The van der Waals surface area contributed by atoms with Crippen molar-refractivity contribution >= 4 is 5.91 Å². The van der Waals surface area contributed by atoms with Crippen LogP contribution in [0.25, 0.3) is 0 Å². The van der Waals surface area contributed by atoms with Crippen molar-refractivity contribution in [3.05, 3.63) is 0 Å². The lowest BCUT2D eigenvalue weighted by Crippen LogP contribution is -2.63. The van der Waals surface area contributed by atoms with E-state index in [4.69, 9.17) is 10.5 Å². The van der Waals surface area contributed by atoms with Crippen LogP contribution in [-0.4, -0.2) is 55.7 Å². The molecule has 1 aliphatic heterocycles. The van der Waals surface area contributed by atoms with Gasteiger partial charge >= 0.3 is 0 Å². The van der Waals surface area contributed by atoms with Crippen molar-refractivity contribution in [2.75, 3.05) is 33.3 Å². The first-order chi connectivity index (χ1) is 8.08. The summed E-state index contributed by atoms with van der Waals surface area (Å²) in [7, 11) is 1.84. The maximum Gasteiger partial charge on any atom is 0.239 e. The van der Waals surface area contributed by atoms with Gasteiger partial charge in [-0.15, -0.1) is 0 Å². The number of primary amides is 1. The minimum atomic E-state index is -0.545. The maximum atomic E-state index is 11.8. The lowest BCUT2D eigenvalue weighted by Gasteiger charge is -2.39. The molecule has 0 aromatic heterocycles. The summed E-state index contributed by atoms with van der Waals surface area (Å²) in [5, 5.41) is 3.18. The van der Waals surface area contributed by atoms with Gasteiger partial charge in [-0.3, -0.25) is 9.69 Å². The number of rotatable bonds is 5. The summed E-state index contributed by atoms with van der Waals surface area (Å²) in [5.74, 6) is 0.185. The summed E-state index contributed by atoms with van der Waals surface area (Å²) in [5.41, 5.74) is 5.07. The van der Waals surface area contributed by atoms with Crippen LogP contribution >= 0.6 is 0 Å². The van der Waals surface area contributed by atoms with Crippen LogP contribution in [0.1, 0.15) is 19.8 Å². The van der Waals surface area contributed by atoms with Crippen molar-refractivity contribution in [3.8, 4) is 0 Å². The van der Waals surface area contributed by atoms with E-state index >= 15 is 0 Å². The van der Waals surface area contributed by atoms with Crippen molar-refractivity contribution in [2.24, 2.45) is 11.7 Å². The molecule has 1 aliphatic carbocycles. The van der Waals surface area contributed by atoms with Crippen LogP contribution in [0.2, 0.25) is 0 Å². The van der Waals surface area contributed by atoms with Crippen LogP contribution in [-0.2, 0) is 9.53 Å². The summed E-state index contributed by atoms with van der Waals surface area (Å²) < 4.78 is 5.51. The number of hydrogen-bond donors (Lipinski definition) is 2. The molecule has 5 heteroatoms. The van der Waals surface area contributed by atoms with E-state index in [1.54, 1.807) is 0 Å². The quantitative estimate of drug-likeness (QED) is 0.685. The molecule has 1 saturated heterocycles. The molecule has 2 aliphatic rings. The van der Waals surface area contributed by atoms with Gasteiger partial charge in [0.1, 0.15) is 5.54 Å². The Morgan fingerprint density at radius 3 is 2.76 bits per heavy atom. The second kappa shape index (κ2) is 4.92. The molecule has 5 nitrogen and oxygen atoms in total. The predicted molar refractivity (Wildman–Crippen MR) is 65.6 cm³/mol. The largest absolute Gasteiger partial charge is 0.376 e. The molecule has 2 fully saturated rings. The summed E-state index contributed by atoms with van der Waals surface area (Å²) in [6.07, 6.45) is 2.44. The Balaban J connectivity index is 2.03.